The Balaban J connectivity index is 1.20. The zero-order valence-corrected chi connectivity index (χ0v) is 17.6. The third-order valence-electron chi connectivity index (χ3n) is 5.76. The Labute approximate surface area is 187 Å². The quantitative estimate of drug-likeness (QED) is 0.495. The minimum absolute atomic E-state index is 0.0726. The van der Waals surface area contributed by atoms with Crippen LogP contribution in [0.1, 0.15) is 10.4 Å². The molecule has 1 saturated heterocycles. The number of pyridine rings is 1. The summed E-state index contributed by atoms with van der Waals surface area (Å²) in [7, 11) is 0. The number of anilines is 1. The molecule has 1 amide bonds. The number of piperazine rings is 1. The monoisotopic (exact) mass is 421 g/mol. The van der Waals surface area contributed by atoms with Crippen molar-refractivity contribution in [1.82, 2.24) is 20.1 Å². The number of benzene rings is 2. The lowest BCUT2D eigenvalue weighted by atomic mass is 10.0. The zero-order valence-electron chi connectivity index (χ0n) is 17.6. The van der Waals surface area contributed by atoms with Crippen LogP contribution in [0.15, 0.2) is 91.3 Å². The molecule has 6 nitrogen and oxygen atoms in total. The van der Waals surface area contributed by atoms with Crippen LogP contribution in [0.3, 0.4) is 0 Å². The highest BCUT2D eigenvalue weighted by Crippen LogP contribution is 2.21. The maximum Gasteiger partial charge on any atom is 0.253 e. The molecule has 0 unspecified atom stereocenters. The predicted molar refractivity (Wildman–Crippen MR) is 125 cm³/mol. The lowest BCUT2D eigenvalue weighted by Gasteiger charge is -2.35. The van der Waals surface area contributed by atoms with Crippen molar-refractivity contribution >= 4 is 11.7 Å². The van der Waals surface area contributed by atoms with Crippen LogP contribution in [0.4, 0.5) is 5.82 Å². The second-order valence-electron chi connectivity index (χ2n) is 7.74. The fourth-order valence-electron chi connectivity index (χ4n) is 3.93. The molecule has 4 aromatic rings. The third-order valence-corrected chi connectivity index (χ3v) is 5.76. The number of hydrogen-bond acceptors (Lipinski definition) is 5. The van der Waals surface area contributed by atoms with Gasteiger partial charge < -0.3 is 9.80 Å². The van der Waals surface area contributed by atoms with E-state index in [1.807, 2.05) is 71.6 Å². The summed E-state index contributed by atoms with van der Waals surface area (Å²) >= 11 is 0. The summed E-state index contributed by atoms with van der Waals surface area (Å²) in [6.07, 6.45) is 3.49. The minimum Gasteiger partial charge on any atom is -0.352 e. The van der Waals surface area contributed by atoms with Crippen molar-refractivity contribution < 1.29 is 4.79 Å². The molecule has 1 fully saturated rings. The largest absolute Gasteiger partial charge is 0.352 e. The van der Waals surface area contributed by atoms with Crippen molar-refractivity contribution in [2.24, 2.45) is 0 Å². The first-order chi connectivity index (χ1) is 15.8. The first kappa shape index (κ1) is 19.9. The van der Waals surface area contributed by atoms with Crippen LogP contribution >= 0.6 is 0 Å². The molecule has 0 bridgehead atoms. The molecule has 6 heteroatoms. The van der Waals surface area contributed by atoms with Crippen molar-refractivity contribution in [1.29, 1.82) is 0 Å². The number of carbonyl (C=O) groups is 1. The average molecular weight is 422 g/mol. The van der Waals surface area contributed by atoms with Crippen molar-refractivity contribution in [2.45, 2.75) is 0 Å². The molecule has 0 aliphatic carbocycles. The van der Waals surface area contributed by atoms with Gasteiger partial charge in [-0.05, 0) is 47.5 Å². The number of aromatic nitrogens is 3. The Kier molecular flexibility index (Phi) is 5.58. The molecule has 0 N–H and O–H groups in total. The fourth-order valence-corrected chi connectivity index (χ4v) is 3.93. The molecule has 0 saturated carbocycles. The van der Waals surface area contributed by atoms with Gasteiger partial charge in [-0.2, -0.15) is 0 Å². The highest BCUT2D eigenvalue weighted by Gasteiger charge is 2.23. The highest BCUT2D eigenvalue weighted by molar-refractivity contribution is 5.95. The summed E-state index contributed by atoms with van der Waals surface area (Å²) in [4.78, 5) is 21.1. The van der Waals surface area contributed by atoms with Gasteiger partial charge in [-0.15, -0.1) is 10.2 Å². The van der Waals surface area contributed by atoms with Crippen LogP contribution in [-0.2, 0) is 0 Å². The minimum atomic E-state index is 0.0726. The molecule has 1 aliphatic heterocycles. The van der Waals surface area contributed by atoms with E-state index < -0.39 is 0 Å². The molecule has 0 atom stereocenters. The van der Waals surface area contributed by atoms with Crippen LogP contribution in [0.25, 0.3) is 22.4 Å². The van der Waals surface area contributed by atoms with E-state index in [1.165, 1.54) is 0 Å². The maximum atomic E-state index is 13.0. The summed E-state index contributed by atoms with van der Waals surface area (Å²) in [6, 6.07) is 25.8. The van der Waals surface area contributed by atoms with Crippen molar-refractivity contribution in [2.75, 3.05) is 31.1 Å². The van der Waals surface area contributed by atoms with Gasteiger partial charge in [-0.3, -0.25) is 9.78 Å². The van der Waals surface area contributed by atoms with Crippen molar-refractivity contribution in [3.63, 3.8) is 0 Å². The van der Waals surface area contributed by atoms with Gasteiger partial charge in [0.2, 0.25) is 0 Å². The first-order valence-electron chi connectivity index (χ1n) is 10.7. The number of amides is 1. The lowest BCUT2D eigenvalue weighted by molar-refractivity contribution is 0.0746. The first-order valence-corrected chi connectivity index (χ1v) is 10.7. The van der Waals surface area contributed by atoms with Crippen LogP contribution in [0, 0.1) is 0 Å². The van der Waals surface area contributed by atoms with Crippen LogP contribution in [-0.4, -0.2) is 52.2 Å². The summed E-state index contributed by atoms with van der Waals surface area (Å²) < 4.78 is 0. The number of carbonyl (C=O) groups excluding carboxylic acids is 1. The smallest absolute Gasteiger partial charge is 0.253 e. The molecule has 1 aliphatic rings. The van der Waals surface area contributed by atoms with E-state index in [1.54, 1.807) is 12.4 Å². The van der Waals surface area contributed by atoms with Crippen molar-refractivity contribution in [3.05, 3.63) is 96.8 Å². The van der Waals surface area contributed by atoms with Gasteiger partial charge in [0.1, 0.15) is 0 Å². The second-order valence-corrected chi connectivity index (χ2v) is 7.74. The third kappa shape index (κ3) is 4.21. The Bertz CT molecular complexity index is 1170. The Hall–Kier alpha value is -4.06. The second kappa shape index (κ2) is 8.98. The highest BCUT2D eigenvalue weighted by atomic mass is 16.2. The maximum absolute atomic E-state index is 13.0. The standard InChI is InChI=1S/C26H23N5O/c32-26(23-8-6-21(7-9-23)20-4-2-1-3-5-20)31-18-16-30(17-19-31)25-11-10-24(28-29-25)22-12-14-27-15-13-22/h1-15H,16-19H2. The number of hydrogen-bond donors (Lipinski definition) is 0. The van der Waals surface area contributed by atoms with E-state index in [4.69, 9.17) is 0 Å². The van der Waals surface area contributed by atoms with E-state index in [9.17, 15) is 4.79 Å². The van der Waals surface area contributed by atoms with Crippen LogP contribution in [0.5, 0.6) is 0 Å². The van der Waals surface area contributed by atoms with Crippen LogP contribution < -0.4 is 4.90 Å². The van der Waals surface area contributed by atoms with Gasteiger partial charge in [0.05, 0.1) is 5.69 Å². The molecular weight excluding hydrogens is 398 g/mol. The summed E-state index contributed by atoms with van der Waals surface area (Å²) in [5, 5.41) is 8.76. The molecule has 0 radical (unpaired) electrons. The van der Waals surface area contributed by atoms with Gasteiger partial charge in [-0.25, -0.2) is 0 Å². The van der Waals surface area contributed by atoms with Gasteiger partial charge in [0, 0.05) is 49.7 Å². The molecule has 5 rings (SSSR count). The van der Waals surface area contributed by atoms with E-state index in [0.29, 0.717) is 13.1 Å². The van der Waals surface area contributed by atoms with Gasteiger partial charge in [-0.1, -0.05) is 42.5 Å². The fraction of sp³-hybridized carbons (Fsp3) is 0.154. The molecule has 0 spiro atoms. The van der Waals surface area contributed by atoms with E-state index in [0.717, 1.165) is 46.9 Å². The molecule has 2 aromatic heterocycles. The van der Waals surface area contributed by atoms with E-state index in [-0.39, 0.29) is 5.91 Å². The van der Waals surface area contributed by atoms with Gasteiger partial charge >= 0.3 is 0 Å². The van der Waals surface area contributed by atoms with E-state index >= 15 is 0 Å². The SMILES string of the molecule is O=C(c1ccc(-c2ccccc2)cc1)N1CCN(c2ccc(-c3ccncc3)nn2)CC1. The Morgan fingerprint density at radius 2 is 1.34 bits per heavy atom. The van der Waals surface area contributed by atoms with Gasteiger partial charge in [0.15, 0.2) is 5.82 Å². The topological polar surface area (TPSA) is 62.2 Å². The summed E-state index contributed by atoms with van der Waals surface area (Å²) in [5.41, 5.74) is 4.80. The summed E-state index contributed by atoms with van der Waals surface area (Å²) in [6.45, 7) is 2.79. The van der Waals surface area contributed by atoms with Gasteiger partial charge in [0.25, 0.3) is 5.91 Å². The molecule has 3 heterocycles. The normalized spacial score (nSPS) is 13.8. The number of rotatable bonds is 4. The average Bonchev–Trinajstić information content (AvgIpc) is 2.90. The predicted octanol–water partition coefficient (Wildman–Crippen LogP) is 4.17. The van der Waals surface area contributed by atoms with Crippen molar-refractivity contribution in [3.8, 4) is 22.4 Å². The Morgan fingerprint density at radius 3 is 2.00 bits per heavy atom. The summed E-state index contributed by atoms with van der Waals surface area (Å²) in [5.74, 6) is 0.908. The molecule has 32 heavy (non-hydrogen) atoms. The van der Waals surface area contributed by atoms with Crippen LogP contribution in [0.2, 0.25) is 0 Å². The van der Waals surface area contributed by atoms with E-state index in [2.05, 4.69) is 32.2 Å². The zero-order chi connectivity index (χ0) is 21.8. The lowest BCUT2D eigenvalue weighted by Crippen LogP contribution is -2.49. The molecule has 158 valence electrons. The molecule has 2 aromatic carbocycles. The molecular formula is C26H23N5O. The Morgan fingerprint density at radius 1 is 0.656 bits per heavy atom. The number of nitrogens with zero attached hydrogens (tertiary/aromatic N) is 5.